The molecule has 1 heterocycles. The molecule has 0 aromatic heterocycles. The van der Waals surface area contributed by atoms with Gasteiger partial charge in [0.1, 0.15) is 11.9 Å². The number of hydrogen-bond acceptors (Lipinski definition) is 2. The van der Waals surface area contributed by atoms with Crippen LogP contribution in [0.2, 0.25) is 0 Å². The molecule has 1 aliphatic rings. The predicted octanol–water partition coefficient (Wildman–Crippen LogP) is 2.28. The number of benzene rings is 1. The van der Waals surface area contributed by atoms with Gasteiger partial charge < -0.3 is 9.84 Å². The van der Waals surface area contributed by atoms with Crippen LogP contribution in [0.5, 0.6) is 5.75 Å². The maximum atomic E-state index is 9.78. The average molecular weight is 178 g/mol. The second-order valence-electron chi connectivity index (χ2n) is 3.44. The van der Waals surface area contributed by atoms with Gasteiger partial charge in [0.05, 0.1) is 6.10 Å². The summed E-state index contributed by atoms with van der Waals surface area (Å²) < 4.78 is 5.69. The number of para-hydroxylation sites is 1. The third kappa shape index (κ3) is 1.54. The maximum absolute atomic E-state index is 9.78. The van der Waals surface area contributed by atoms with Gasteiger partial charge >= 0.3 is 0 Å². The van der Waals surface area contributed by atoms with Crippen molar-refractivity contribution < 1.29 is 9.84 Å². The first kappa shape index (κ1) is 8.57. The van der Waals surface area contributed by atoms with Crippen LogP contribution in [0.15, 0.2) is 24.3 Å². The van der Waals surface area contributed by atoms with Gasteiger partial charge in [0.2, 0.25) is 0 Å². The van der Waals surface area contributed by atoms with Gasteiger partial charge in [0, 0.05) is 12.0 Å². The van der Waals surface area contributed by atoms with Gasteiger partial charge in [-0.1, -0.05) is 25.1 Å². The average Bonchev–Trinajstić information content (AvgIpc) is 2.18. The zero-order valence-electron chi connectivity index (χ0n) is 7.73. The molecule has 0 saturated heterocycles. The molecule has 70 valence electrons. The van der Waals surface area contributed by atoms with Crippen LogP contribution in [-0.4, -0.2) is 11.2 Å². The molecule has 2 atom stereocenters. The van der Waals surface area contributed by atoms with Crippen molar-refractivity contribution in [2.45, 2.75) is 32.0 Å². The summed E-state index contributed by atoms with van der Waals surface area (Å²) in [6, 6.07) is 7.70. The van der Waals surface area contributed by atoms with Crippen LogP contribution in [-0.2, 0) is 0 Å². The van der Waals surface area contributed by atoms with Crippen LogP contribution in [0, 0.1) is 0 Å². The molecule has 0 spiro atoms. The molecule has 0 radical (unpaired) electrons. The highest BCUT2D eigenvalue weighted by molar-refractivity contribution is 5.36. The Kier molecular flexibility index (Phi) is 2.23. The topological polar surface area (TPSA) is 29.5 Å². The molecule has 0 unspecified atom stereocenters. The molecule has 13 heavy (non-hydrogen) atoms. The summed E-state index contributed by atoms with van der Waals surface area (Å²) in [6.45, 7) is 2.07. The second-order valence-corrected chi connectivity index (χ2v) is 3.44. The molecular weight excluding hydrogens is 164 g/mol. The zero-order chi connectivity index (χ0) is 9.26. The van der Waals surface area contributed by atoms with E-state index in [0.717, 1.165) is 17.7 Å². The molecule has 0 bridgehead atoms. The monoisotopic (exact) mass is 178 g/mol. The van der Waals surface area contributed by atoms with Gasteiger partial charge in [0.25, 0.3) is 0 Å². The SMILES string of the molecule is CC[C@H]1C[C@H](O)c2ccccc2O1. The number of hydrogen-bond donors (Lipinski definition) is 1. The van der Waals surface area contributed by atoms with Crippen LogP contribution in [0.1, 0.15) is 31.4 Å². The lowest BCUT2D eigenvalue weighted by molar-refractivity contribution is 0.0643. The third-order valence-electron chi connectivity index (χ3n) is 2.51. The summed E-state index contributed by atoms with van der Waals surface area (Å²) in [5.41, 5.74) is 0.923. The Morgan fingerprint density at radius 2 is 2.23 bits per heavy atom. The Morgan fingerprint density at radius 1 is 1.46 bits per heavy atom. The number of rotatable bonds is 1. The minimum atomic E-state index is -0.352. The maximum Gasteiger partial charge on any atom is 0.125 e. The van der Waals surface area contributed by atoms with Crippen molar-refractivity contribution in [3.63, 3.8) is 0 Å². The van der Waals surface area contributed by atoms with E-state index in [1.165, 1.54) is 0 Å². The molecule has 2 heteroatoms. The van der Waals surface area contributed by atoms with Crippen LogP contribution in [0.4, 0.5) is 0 Å². The van der Waals surface area contributed by atoms with E-state index >= 15 is 0 Å². The second kappa shape index (κ2) is 3.38. The lowest BCUT2D eigenvalue weighted by Gasteiger charge is -2.28. The lowest BCUT2D eigenvalue weighted by Crippen LogP contribution is -2.24. The van der Waals surface area contributed by atoms with Gasteiger partial charge in [0.15, 0.2) is 0 Å². The Morgan fingerprint density at radius 3 is 3.00 bits per heavy atom. The molecule has 1 aromatic rings. The van der Waals surface area contributed by atoms with Crippen LogP contribution < -0.4 is 4.74 Å². The zero-order valence-corrected chi connectivity index (χ0v) is 7.73. The van der Waals surface area contributed by atoms with E-state index in [1.807, 2.05) is 24.3 Å². The van der Waals surface area contributed by atoms with Gasteiger partial charge in [-0.25, -0.2) is 0 Å². The first-order valence-electron chi connectivity index (χ1n) is 4.75. The van der Waals surface area contributed by atoms with Crippen molar-refractivity contribution in [2.24, 2.45) is 0 Å². The minimum absolute atomic E-state index is 0.171. The molecule has 0 aliphatic carbocycles. The van der Waals surface area contributed by atoms with Crippen LogP contribution in [0.3, 0.4) is 0 Å². The van der Waals surface area contributed by atoms with E-state index in [9.17, 15) is 5.11 Å². The number of aliphatic hydroxyl groups is 1. The lowest BCUT2D eigenvalue weighted by atomic mass is 9.98. The molecule has 1 aromatic carbocycles. The molecule has 0 amide bonds. The summed E-state index contributed by atoms with van der Waals surface area (Å²) in [4.78, 5) is 0. The Hall–Kier alpha value is -1.02. The smallest absolute Gasteiger partial charge is 0.125 e. The first-order chi connectivity index (χ1) is 6.31. The largest absolute Gasteiger partial charge is 0.490 e. The summed E-state index contributed by atoms with van der Waals surface area (Å²) in [5, 5.41) is 9.78. The van der Waals surface area contributed by atoms with E-state index < -0.39 is 0 Å². The summed E-state index contributed by atoms with van der Waals surface area (Å²) in [7, 11) is 0. The van der Waals surface area contributed by atoms with Gasteiger partial charge in [-0.3, -0.25) is 0 Å². The molecule has 1 aliphatic heterocycles. The molecule has 2 rings (SSSR count). The van der Waals surface area contributed by atoms with Crippen molar-refractivity contribution in [3.05, 3.63) is 29.8 Å². The highest BCUT2D eigenvalue weighted by Gasteiger charge is 2.24. The van der Waals surface area contributed by atoms with Gasteiger partial charge in [-0.05, 0) is 12.5 Å². The fourth-order valence-corrected chi connectivity index (χ4v) is 1.72. The summed E-state index contributed by atoms with van der Waals surface area (Å²) >= 11 is 0. The van der Waals surface area contributed by atoms with Crippen molar-refractivity contribution in [2.75, 3.05) is 0 Å². The third-order valence-corrected chi connectivity index (χ3v) is 2.51. The molecule has 1 N–H and O–H groups in total. The van der Waals surface area contributed by atoms with Crippen molar-refractivity contribution >= 4 is 0 Å². The number of ether oxygens (including phenoxy) is 1. The fourth-order valence-electron chi connectivity index (χ4n) is 1.72. The van der Waals surface area contributed by atoms with Crippen molar-refractivity contribution in [1.29, 1.82) is 0 Å². The van der Waals surface area contributed by atoms with E-state index in [4.69, 9.17) is 4.74 Å². The number of aliphatic hydroxyl groups excluding tert-OH is 1. The Labute approximate surface area is 78.2 Å². The van der Waals surface area contributed by atoms with Gasteiger partial charge in [-0.2, -0.15) is 0 Å². The Bertz CT molecular complexity index is 296. The predicted molar refractivity (Wildman–Crippen MR) is 50.7 cm³/mol. The van der Waals surface area contributed by atoms with Crippen LogP contribution >= 0.6 is 0 Å². The minimum Gasteiger partial charge on any atom is -0.490 e. The Balaban J connectivity index is 2.31. The highest BCUT2D eigenvalue weighted by Crippen LogP contribution is 2.34. The fraction of sp³-hybridized carbons (Fsp3) is 0.455. The standard InChI is InChI=1S/C11H14O2/c1-2-8-7-10(12)9-5-3-4-6-11(9)13-8/h3-6,8,10,12H,2,7H2,1H3/t8-,10-/m0/s1. The van der Waals surface area contributed by atoms with E-state index in [2.05, 4.69) is 6.92 Å². The first-order valence-corrected chi connectivity index (χ1v) is 4.75. The normalized spacial score (nSPS) is 26.3. The van der Waals surface area contributed by atoms with Gasteiger partial charge in [-0.15, -0.1) is 0 Å². The summed E-state index contributed by atoms with van der Waals surface area (Å²) in [5.74, 6) is 0.841. The quantitative estimate of drug-likeness (QED) is 0.714. The van der Waals surface area contributed by atoms with Crippen molar-refractivity contribution in [1.82, 2.24) is 0 Å². The summed E-state index contributed by atoms with van der Waals surface area (Å²) in [6.07, 6.45) is 1.48. The van der Waals surface area contributed by atoms with Crippen LogP contribution in [0.25, 0.3) is 0 Å². The van der Waals surface area contributed by atoms with E-state index in [0.29, 0.717) is 6.42 Å². The molecule has 2 nitrogen and oxygen atoms in total. The number of fused-ring (bicyclic) bond motifs is 1. The molecular formula is C11H14O2. The van der Waals surface area contributed by atoms with E-state index in [1.54, 1.807) is 0 Å². The molecule has 0 fully saturated rings. The van der Waals surface area contributed by atoms with E-state index in [-0.39, 0.29) is 12.2 Å². The highest BCUT2D eigenvalue weighted by atomic mass is 16.5. The molecule has 0 saturated carbocycles. The van der Waals surface area contributed by atoms with Crippen molar-refractivity contribution in [3.8, 4) is 5.75 Å².